The summed E-state index contributed by atoms with van der Waals surface area (Å²) in [5, 5.41) is 8.24. The Hall–Kier alpha value is -2.70. The van der Waals surface area contributed by atoms with Gasteiger partial charge < -0.3 is 15.0 Å². The first-order valence-electron chi connectivity index (χ1n) is 9.40. The molecule has 7 nitrogen and oxygen atoms in total. The lowest BCUT2D eigenvalue weighted by Gasteiger charge is -2.29. The van der Waals surface area contributed by atoms with Crippen molar-refractivity contribution in [2.24, 2.45) is 7.05 Å². The average Bonchev–Trinajstić information content (AvgIpc) is 3.04. The lowest BCUT2D eigenvalue weighted by atomic mass is 9.88. The van der Waals surface area contributed by atoms with Gasteiger partial charge in [-0.05, 0) is 36.8 Å². The first kappa shape index (κ1) is 19.1. The van der Waals surface area contributed by atoms with E-state index in [1.807, 2.05) is 22.7 Å². The van der Waals surface area contributed by atoms with Crippen LogP contribution in [0.1, 0.15) is 48.8 Å². The highest BCUT2D eigenvalue weighted by Crippen LogP contribution is 2.33. The van der Waals surface area contributed by atoms with Gasteiger partial charge in [-0.2, -0.15) is 5.10 Å². The zero-order valence-electron chi connectivity index (χ0n) is 15.9. The van der Waals surface area contributed by atoms with Crippen molar-refractivity contribution in [2.45, 2.75) is 37.5 Å². The van der Waals surface area contributed by atoms with Gasteiger partial charge in [0, 0.05) is 39.0 Å². The molecule has 1 aromatic carbocycles. The summed E-state index contributed by atoms with van der Waals surface area (Å²) in [7, 11) is 3.48. The number of aromatic nitrogens is 2. The third kappa shape index (κ3) is 3.86. The number of likely N-dealkylation sites (tertiary alicyclic amines) is 1. The Kier molecular flexibility index (Phi) is 5.88. The molecule has 144 valence electrons. The summed E-state index contributed by atoms with van der Waals surface area (Å²) >= 11 is 0. The van der Waals surface area contributed by atoms with Crippen molar-refractivity contribution in [3.05, 3.63) is 29.5 Å². The Labute approximate surface area is 158 Å². The number of nitrogens with one attached hydrogen (secondary N) is 1. The van der Waals surface area contributed by atoms with Crippen molar-refractivity contribution in [1.29, 1.82) is 0 Å². The Bertz CT molecular complexity index is 837. The molecular weight excluding hydrogens is 344 g/mol. The van der Waals surface area contributed by atoms with Gasteiger partial charge in [0.15, 0.2) is 0 Å². The first-order chi connectivity index (χ1) is 13.1. The summed E-state index contributed by atoms with van der Waals surface area (Å²) in [6.07, 6.45) is 4.44. The molecule has 0 bridgehead atoms. The third-order valence-electron chi connectivity index (χ3n) is 5.52. The smallest absolute Gasteiger partial charge is 0.228 e. The molecule has 1 unspecified atom stereocenters. The van der Waals surface area contributed by atoms with Gasteiger partial charge in [-0.3, -0.25) is 14.3 Å². The Morgan fingerprint density at radius 2 is 2.07 bits per heavy atom. The molecule has 1 aliphatic rings. The van der Waals surface area contributed by atoms with E-state index in [-0.39, 0.29) is 5.91 Å². The number of hydrogen-bond donors (Lipinski definition) is 1. The number of likely N-dealkylation sites (N-methyl/N-ethyl adjacent to an activating group) is 1. The third-order valence-corrected chi connectivity index (χ3v) is 5.52. The summed E-state index contributed by atoms with van der Waals surface area (Å²) in [5.74, 6) is -0.138. The van der Waals surface area contributed by atoms with E-state index in [9.17, 15) is 14.4 Å². The van der Waals surface area contributed by atoms with Crippen LogP contribution in [0.3, 0.4) is 0 Å². The second-order valence-corrected chi connectivity index (χ2v) is 7.11. The number of rotatable bonds is 7. The Morgan fingerprint density at radius 3 is 2.70 bits per heavy atom. The van der Waals surface area contributed by atoms with Crippen LogP contribution in [0, 0.1) is 0 Å². The van der Waals surface area contributed by atoms with E-state index in [1.165, 1.54) is 5.56 Å². The molecule has 1 atom stereocenters. The number of carbonyl (C=O) groups excluding carboxylic acids is 3. The summed E-state index contributed by atoms with van der Waals surface area (Å²) in [6, 6.07) is 6.29. The van der Waals surface area contributed by atoms with Crippen LogP contribution < -0.4 is 5.32 Å². The molecule has 1 aromatic heterocycles. The fourth-order valence-corrected chi connectivity index (χ4v) is 3.95. The quantitative estimate of drug-likeness (QED) is 0.752. The van der Waals surface area contributed by atoms with Crippen LogP contribution in [-0.2, 0) is 21.4 Å². The Morgan fingerprint density at radius 1 is 1.33 bits per heavy atom. The van der Waals surface area contributed by atoms with Crippen molar-refractivity contribution < 1.29 is 14.4 Å². The zero-order chi connectivity index (χ0) is 19.4. The summed E-state index contributed by atoms with van der Waals surface area (Å²) in [6.45, 7) is 1.57. The van der Waals surface area contributed by atoms with Gasteiger partial charge in [-0.15, -0.1) is 0 Å². The maximum atomic E-state index is 12.3. The number of aryl methyl sites for hydroxylation is 1. The molecule has 0 radical (unpaired) electrons. The van der Waals surface area contributed by atoms with Crippen LogP contribution in [0.5, 0.6) is 0 Å². The van der Waals surface area contributed by atoms with Crippen molar-refractivity contribution in [3.63, 3.8) is 0 Å². The van der Waals surface area contributed by atoms with Gasteiger partial charge in [-0.1, -0.05) is 12.1 Å². The van der Waals surface area contributed by atoms with Crippen LogP contribution in [0.2, 0.25) is 0 Å². The molecule has 1 N–H and O–H groups in total. The molecule has 0 saturated carbocycles. The van der Waals surface area contributed by atoms with Crippen LogP contribution >= 0.6 is 0 Å². The van der Waals surface area contributed by atoms with Crippen molar-refractivity contribution in [3.8, 4) is 0 Å². The maximum absolute atomic E-state index is 12.3. The molecule has 2 heterocycles. The minimum Gasteiger partial charge on any atom is -0.359 e. The molecule has 1 aliphatic heterocycles. The molecule has 0 aliphatic carbocycles. The molecule has 0 spiro atoms. The second kappa shape index (κ2) is 8.33. The van der Waals surface area contributed by atoms with Crippen molar-refractivity contribution in [2.75, 3.05) is 20.1 Å². The van der Waals surface area contributed by atoms with Crippen LogP contribution in [0.4, 0.5) is 0 Å². The van der Waals surface area contributed by atoms with E-state index in [2.05, 4.69) is 22.5 Å². The second-order valence-electron chi connectivity index (χ2n) is 7.11. The summed E-state index contributed by atoms with van der Waals surface area (Å²) < 4.78 is 1.81. The molecule has 1 saturated heterocycles. The highest BCUT2D eigenvalue weighted by Gasteiger charge is 2.26. The number of carbonyl (C=O) groups is 3. The number of piperidine rings is 1. The minimum atomic E-state index is -0.439. The topological polar surface area (TPSA) is 84.3 Å². The number of aldehydes is 1. The monoisotopic (exact) mass is 370 g/mol. The van der Waals surface area contributed by atoms with Crippen LogP contribution in [0.25, 0.3) is 10.9 Å². The zero-order valence-corrected chi connectivity index (χ0v) is 15.9. The summed E-state index contributed by atoms with van der Waals surface area (Å²) in [4.78, 5) is 35.9. The molecule has 2 aromatic rings. The average molecular weight is 370 g/mol. The van der Waals surface area contributed by atoms with Crippen molar-refractivity contribution >= 4 is 29.5 Å². The molecular formula is C20H26N4O3. The highest BCUT2D eigenvalue weighted by atomic mass is 16.2. The lowest BCUT2D eigenvalue weighted by molar-refractivity contribution is -0.122. The number of amides is 2. The van der Waals surface area contributed by atoms with Gasteiger partial charge in [-0.25, -0.2) is 0 Å². The predicted octanol–water partition coefficient (Wildman–Crippen LogP) is 1.72. The molecule has 3 rings (SSSR count). The predicted molar refractivity (Wildman–Crippen MR) is 102 cm³/mol. The van der Waals surface area contributed by atoms with E-state index in [1.54, 1.807) is 7.05 Å². The first-order valence-corrected chi connectivity index (χ1v) is 9.40. The van der Waals surface area contributed by atoms with Gasteiger partial charge in [0.25, 0.3) is 0 Å². The fraction of sp³-hybridized carbons (Fsp3) is 0.500. The molecule has 2 amide bonds. The molecule has 7 heteroatoms. The fourth-order valence-electron chi connectivity index (χ4n) is 3.95. The number of nitrogens with zero attached hydrogens (tertiary/aromatic N) is 3. The maximum Gasteiger partial charge on any atom is 0.228 e. The summed E-state index contributed by atoms with van der Waals surface area (Å²) in [5.41, 5.74) is 2.95. The normalized spacial score (nSPS) is 16.3. The van der Waals surface area contributed by atoms with Gasteiger partial charge in [0.2, 0.25) is 12.3 Å². The number of fused-ring (bicyclic) bond motifs is 1. The van der Waals surface area contributed by atoms with E-state index in [0.29, 0.717) is 18.8 Å². The van der Waals surface area contributed by atoms with E-state index < -0.39 is 5.92 Å². The molecule has 1 fully saturated rings. The van der Waals surface area contributed by atoms with Crippen LogP contribution in [0.15, 0.2) is 18.2 Å². The Balaban J connectivity index is 1.92. The van der Waals surface area contributed by atoms with Gasteiger partial charge in [0.1, 0.15) is 6.29 Å². The number of benzene rings is 1. The van der Waals surface area contributed by atoms with Crippen LogP contribution in [-0.4, -0.2) is 53.4 Å². The van der Waals surface area contributed by atoms with Crippen molar-refractivity contribution in [1.82, 2.24) is 20.0 Å². The van der Waals surface area contributed by atoms with E-state index >= 15 is 0 Å². The molecule has 27 heavy (non-hydrogen) atoms. The van der Waals surface area contributed by atoms with E-state index in [0.717, 1.165) is 55.2 Å². The standard InChI is InChI=1S/C20H26N4O3/c1-21-20(27)17(4-3-11-25)19-16-6-5-15(12-18(16)23(2)22-19)14-7-9-24(13-26)10-8-14/h5-6,11-14,17H,3-4,7-10H2,1-2H3,(H,21,27). The SMILES string of the molecule is CNC(=O)C(CCC=O)c1nn(C)c2cc(C3CCN(C=O)CC3)ccc12. The van der Waals surface area contributed by atoms with Gasteiger partial charge >= 0.3 is 0 Å². The lowest BCUT2D eigenvalue weighted by Crippen LogP contribution is -2.31. The van der Waals surface area contributed by atoms with E-state index in [4.69, 9.17) is 0 Å². The minimum absolute atomic E-state index is 0.123. The largest absolute Gasteiger partial charge is 0.359 e. The van der Waals surface area contributed by atoms with Gasteiger partial charge in [0.05, 0.1) is 17.1 Å². The highest BCUT2D eigenvalue weighted by molar-refractivity contribution is 5.91. The number of hydrogen-bond acceptors (Lipinski definition) is 4.